The summed E-state index contributed by atoms with van der Waals surface area (Å²) in [6, 6.07) is 4.88. The number of aromatic nitrogens is 3. The van der Waals surface area contributed by atoms with E-state index in [1.54, 1.807) is 6.07 Å². The fourth-order valence-electron chi connectivity index (χ4n) is 3.87. The molecule has 0 bridgehead atoms. The summed E-state index contributed by atoms with van der Waals surface area (Å²) >= 11 is 1.28. The molecule has 0 radical (unpaired) electrons. The van der Waals surface area contributed by atoms with Crippen molar-refractivity contribution in [3.05, 3.63) is 46.1 Å². The highest BCUT2D eigenvalue weighted by molar-refractivity contribution is 7.17. The van der Waals surface area contributed by atoms with Crippen molar-refractivity contribution in [1.82, 2.24) is 24.4 Å². The lowest BCUT2D eigenvalue weighted by atomic mass is 10.00. The zero-order valence-electron chi connectivity index (χ0n) is 16.9. The molecule has 0 saturated carbocycles. The second-order valence-corrected chi connectivity index (χ2v) is 8.37. The first-order chi connectivity index (χ1) is 14.3. The minimum atomic E-state index is -4.43. The van der Waals surface area contributed by atoms with Gasteiger partial charge in [0.2, 0.25) is 10.8 Å². The molecule has 0 aliphatic carbocycles. The number of piperazine rings is 1. The maximum atomic E-state index is 13.4. The summed E-state index contributed by atoms with van der Waals surface area (Å²) < 4.78 is 41.5. The molecule has 1 aliphatic rings. The fourth-order valence-corrected chi connectivity index (χ4v) is 5.01. The Balaban J connectivity index is 1.79. The Hall–Kier alpha value is -2.17. The second-order valence-electron chi connectivity index (χ2n) is 7.36. The van der Waals surface area contributed by atoms with Crippen LogP contribution in [0.5, 0.6) is 5.88 Å². The predicted molar refractivity (Wildman–Crippen MR) is 109 cm³/mol. The van der Waals surface area contributed by atoms with E-state index in [4.69, 9.17) is 0 Å². The van der Waals surface area contributed by atoms with E-state index in [-0.39, 0.29) is 5.88 Å². The van der Waals surface area contributed by atoms with Crippen LogP contribution in [0.3, 0.4) is 0 Å². The number of thiazole rings is 1. The van der Waals surface area contributed by atoms with Crippen LogP contribution in [0.25, 0.3) is 4.96 Å². The zero-order chi connectivity index (χ0) is 21.5. The molecule has 3 aromatic rings. The molecular formula is C20H24F3N5OS. The second kappa shape index (κ2) is 8.16. The van der Waals surface area contributed by atoms with Crippen molar-refractivity contribution in [3.8, 4) is 5.88 Å². The van der Waals surface area contributed by atoms with E-state index in [1.165, 1.54) is 28.0 Å². The Bertz CT molecular complexity index is 1020. The summed E-state index contributed by atoms with van der Waals surface area (Å²) in [7, 11) is 0. The van der Waals surface area contributed by atoms with Crippen molar-refractivity contribution in [2.24, 2.45) is 0 Å². The number of likely N-dealkylation sites (N-methyl/N-ethyl adjacent to an activating group) is 1. The molecule has 1 atom stereocenters. The van der Waals surface area contributed by atoms with Crippen molar-refractivity contribution in [2.45, 2.75) is 32.5 Å². The SMILES string of the molecule is CCc1nc2sc([C@H](c3cccc(C(F)(F)F)c3)N3CCN(CC)CC3)c(O)n2n1. The van der Waals surface area contributed by atoms with Gasteiger partial charge in [0.1, 0.15) is 0 Å². The lowest BCUT2D eigenvalue weighted by Gasteiger charge is -2.38. The molecular weight excluding hydrogens is 415 g/mol. The lowest BCUT2D eigenvalue weighted by molar-refractivity contribution is -0.137. The molecule has 3 heterocycles. The molecule has 4 rings (SSSR count). The highest BCUT2D eigenvalue weighted by Gasteiger charge is 2.35. The van der Waals surface area contributed by atoms with E-state index >= 15 is 0 Å². The monoisotopic (exact) mass is 439 g/mol. The van der Waals surface area contributed by atoms with Gasteiger partial charge in [0.15, 0.2) is 5.82 Å². The first-order valence-corrected chi connectivity index (χ1v) is 10.8. The Kier molecular flexibility index (Phi) is 5.73. The smallest absolute Gasteiger partial charge is 0.416 e. The van der Waals surface area contributed by atoms with Gasteiger partial charge < -0.3 is 10.0 Å². The van der Waals surface area contributed by atoms with Gasteiger partial charge in [-0.3, -0.25) is 4.90 Å². The first kappa shape index (κ1) is 21.1. The molecule has 30 heavy (non-hydrogen) atoms. The molecule has 6 nitrogen and oxygen atoms in total. The summed E-state index contributed by atoms with van der Waals surface area (Å²) in [5.74, 6) is 0.567. The lowest BCUT2D eigenvalue weighted by Crippen LogP contribution is -2.47. The molecule has 10 heteroatoms. The molecule has 1 N–H and O–H groups in total. The van der Waals surface area contributed by atoms with Gasteiger partial charge in [-0.25, -0.2) is 4.98 Å². The topological polar surface area (TPSA) is 56.9 Å². The van der Waals surface area contributed by atoms with Gasteiger partial charge in [0, 0.05) is 32.6 Å². The van der Waals surface area contributed by atoms with E-state index in [9.17, 15) is 18.3 Å². The molecule has 2 aromatic heterocycles. The Labute approximate surface area is 176 Å². The van der Waals surface area contributed by atoms with Crippen molar-refractivity contribution in [2.75, 3.05) is 32.7 Å². The Morgan fingerprint density at radius 2 is 1.90 bits per heavy atom. The average Bonchev–Trinajstić information content (AvgIpc) is 3.28. The number of hydrogen-bond acceptors (Lipinski definition) is 6. The van der Waals surface area contributed by atoms with Gasteiger partial charge in [-0.05, 0) is 24.2 Å². The maximum Gasteiger partial charge on any atom is 0.416 e. The largest absolute Gasteiger partial charge is 0.492 e. The highest BCUT2D eigenvalue weighted by atomic mass is 32.1. The minimum absolute atomic E-state index is 0.0532. The number of rotatable bonds is 5. The number of benzene rings is 1. The van der Waals surface area contributed by atoms with Crippen molar-refractivity contribution >= 4 is 16.3 Å². The van der Waals surface area contributed by atoms with E-state index in [1.807, 2.05) is 6.92 Å². The number of nitrogens with zero attached hydrogens (tertiary/aromatic N) is 5. The number of aromatic hydroxyl groups is 1. The van der Waals surface area contributed by atoms with Crippen molar-refractivity contribution in [1.29, 1.82) is 0 Å². The minimum Gasteiger partial charge on any atom is -0.492 e. The van der Waals surface area contributed by atoms with Gasteiger partial charge in [0.25, 0.3) is 0 Å². The van der Waals surface area contributed by atoms with Crippen LogP contribution in [0.15, 0.2) is 24.3 Å². The molecule has 162 valence electrons. The highest BCUT2D eigenvalue weighted by Crippen LogP contribution is 2.41. The normalized spacial score (nSPS) is 17.6. The number of fused-ring (bicyclic) bond motifs is 1. The van der Waals surface area contributed by atoms with Crippen LogP contribution in [0.1, 0.15) is 41.7 Å². The van der Waals surface area contributed by atoms with Crippen LogP contribution in [-0.4, -0.2) is 62.2 Å². The van der Waals surface area contributed by atoms with Gasteiger partial charge >= 0.3 is 6.18 Å². The molecule has 1 saturated heterocycles. The summed E-state index contributed by atoms with van der Waals surface area (Å²) in [6.07, 6.45) is -3.79. The third-order valence-electron chi connectivity index (χ3n) is 5.56. The summed E-state index contributed by atoms with van der Waals surface area (Å²) in [6.45, 7) is 8.00. The van der Waals surface area contributed by atoms with Gasteiger partial charge in [-0.1, -0.05) is 37.3 Å². The summed E-state index contributed by atoms with van der Waals surface area (Å²) in [4.78, 5) is 9.96. The number of halogens is 3. The molecule has 0 amide bonds. The van der Waals surface area contributed by atoms with Crippen LogP contribution in [0.4, 0.5) is 13.2 Å². The number of aryl methyl sites for hydroxylation is 1. The van der Waals surface area contributed by atoms with Crippen LogP contribution in [0, 0.1) is 0 Å². The van der Waals surface area contributed by atoms with E-state index in [0.29, 0.717) is 40.7 Å². The summed E-state index contributed by atoms with van der Waals surface area (Å²) in [5, 5.41) is 15.2. The average molecular weight is 440 g/mol. The molecule has 0 unspecified atom stereocenters. The third kappa shape index (κ3) is 3.91. The van der Waals surface area contributed by atoms with Crippen molar-refractivity contribution < 1.29 is 18.3 Å². The predicted octanol–water partition coefficient (Wildman–Crippen LogP) is 3.80. The maximum absolute atomic E-state index is 13.4. The Morgan fingerprint density at radius 1 is 1.17 bits per heavy atom. The fraction of sp³-hybridized carbons (Fsp3) is 0.500. The van der Waals surface area contributed by atoms with E-state index in [2.05, 4.69) is 26.8 Å². The zero-order valence-corrected chi connectivity index (χ0v) is 17.7. The Morgan fingerprint density at radius 3 is 2.50 bits per heavy atom. The quantitative estimate of drug-likeness (QED) is 0.655. The first-order valence-electron chi connectivity index (χ1n) is 10.0. The van der Waals surface area contributed by atoms with Crippen LogP contribution in [-0.2, 0) is 12.6 Å². The van der Waals surface area contributed by atoms with Crippen molar-refractivity contribution in [3.63, 3.8) is 0 Å². The van der Waals surface area contributed by atoms with Gasteiger partial charge in [0.05, 0.1) is 16.5 Å². The molecule has 1 fully saturated rings. The van der Waals surface area contributed by atoms with Crippen LogP contribution >= 0.6 is 11.3 Å². The molecule has 1 aliphatic heterocycles. The van der Waals surface area contributed by atoms with E-state index < -0.39 is 17.8 Å². The third-order valence-corrected chi connectivity index (χ3v) is 6.63. The molecule has 1 aromatic carbocycles. The van der Waals surface area contributed by atoms with Gasteiger partial charge in [-0.15, -0.1) is 5.10 Å². The molecule has 0 spiro atoms. The summed E-state index contributed by atoms with van der Waals surface area (Å²) in [5.41, 5.74) is -0.185. The number of hydrogen-bond donors (Lipinski definition) is 1. The van der Waals surface area contributed by atoms with Crippen LogP contribution < -0.4 is 0 Å². The van der Waals surface area contributed by atoms with Crippen LogP contribution in [0.2, 0.25) is 0 Å². The van der Waals surface area contributed by atoms with E-state index in [0.717, 1.165) is 25.7 Å². The number of alkyl halides is 3. The standard InChI is InChI=1S/C20H24F3N5OS/c1-3-15-24-19-28(25-15)18(29)17(30-19)16(27-10-8-26(4-2)9-11-27)13-6-5-7-14(12-13)20(21,22)23/h5-7,12,16,29H,3-4,8-11H2,1-2H3/t16-/m0/s1. The van der Waals surface area contributed by atoms with Gasteiger partial charge in [-0.2, -0.15) is 17.7 Å².